The molecule has 2 heterocycles. The Balaban J connectivity index is 2.10. The minimum atomic E-state index is -4.55. The number of pyridine rings is 1. The maximum absolute atomic E-state index is 13.3. The van der Waals surface area contributed by atoms with Crippen molar-refractivity contribution in [2.24, 2.45) is 5.41 Å². The van der Waals surface area contributed by atoms with Crippen molar-refractivity contribution >= 4 is 15.7 Å². The third-order valence-corrected chi connectivity index (χ3v) is 6.38. The molecular weight excluding hydrogens is 405 g/mol. The van der Waals surface area contributed by atoms with Gasteiger partial charge in [-0.3, -0.25) is 0 Å². The lowest BCUT2D eigenvalue weighted by atomic mass is 9.82. The molecule has 29 heavy (non-hydrogen) atoms. The normalized spacial score (nSPS) is 20.7. The number of sulfone groups is 1. The summed E-state index contributed by atoms with van der Waals surface area (Å²) in [6.07, 6.45) is -1.06. The average molecular weight is 428 g/mol. The van der Waals surface area contributed by atoms with Crippen LogP contribution in [0, 0.1) is 5.41 Å². The number of aliphatic hydroxyl groups excluding tert-OH is 1. The highest BCUT2D eigenvalue weighted by Gasteiger charge is 2.35. The molecule has 1 atom stereocenters. The zero-order valence-electron chi connectivity index (χ0n) is 16.2. The standard InChI is InChI=1S/C20H23F3N2O3S/c1-19(13-26)8-3-9-25(12-19)18-17(10-15(11-24-18)20(21,22)23)14-4-6-16(7-5-14)29(2,27)28/h4-7,10-11,26H,3,8-9,12-13H2,1-2H3. The fourth-order valence-electron chi connectivity index (χ4n) is 3.58. The summed E-state index contributed by atoms with van der Waals surface area (Å²) < 4.78 is 63.3. The second-order valence-corrected chi connectivity index (χ2v) is 9.90. The third-order valence-electron chi connectivity index (χ3n) is 5.25. The molecule has 0 aliphatic carbocycles. The molecule has 0 saturated carbocycles. The van der Waals surface area contributed by atoms with Crippen molar-refractivity contribution in [1.82, 2.24) is 4.98 Å². The average Bonchev–Trinajstić information content (AvgIpc) is 2.66. The van der Waals surface area contributed by atoms with Crippen LogP contribution in [0.5, 0.6) is 0 Å². The van der Waals surface area contributed by atoms with E-state index in [2.05, 4.69) is 4.98 Å². The summed E-state index contributed by atoms with van der Waals surface area (Å²) in [7, 11) is -3.42. The number of hydrogen-bond donors (Lipinski definition) is 1. The van der Waals surface area contributed by atoms with Crippen LogP contribution >= 0.6 is 0 Å². The third kappa shape index (κ3) is 4.72. The summed E-state index contributed by atoms with van der Waals surface area (Å²) >= 11 is 0. The molecule has 1 N–H and O–H groups in total. The smallest absolute Gasteiger partial charge is 0.396 e. The number of aliphatic hydroxyl groups is 1. The second-order valence-electron chi connectivity index (χ2n) is 7.88. The van der Waals surface area contributed by atoms with E-state index < -0.39 is 21.6 Å². The van der Waals surface area contributed by atoms with Crippen LogP contribution in [-0.4, -0.2) is 44.5 Å². The van der Waals surface area contributed by atoms with E-state index in [1.807, 2.05) is 11.8 Å². The topological polar surface area (TPSA) is 70.5 Å². The molecule has 1 saturated heterocycles. The molecule has 1 unspecified atom stereocenters. The van der Waals surface area contributed by atoms with Gasteiger partial charge in [0, 0.05) is 36.5 Å². The summed E-state index contributed by atoms with van der Waals surface area (Å²) in [5.74, 6) is 0.393. The van der Waals surface area contributed by atoms with Gasteiger partial charge in [0.1, 0.15) is 5.82 Å². The molecule has 1 aliphatic heterocycles. The number of hydrogen-bond acceptors (Lipinski definition) is 5. The van der Waals surface area contributed by atoms with Crippen molar-refractivity contribution in [1.29, 1.82) is 0 Å². The van der Waals surface area contributed by atoms with Crippen LogP contribution in [0.25, 0.3) is 11.1 Å². The Bertz CT molecular complexity index is 991. The summed E-state index contributed by atoms with van der Waals surface area (Å²) in [5, 5.41) is 9.71. The monoisotopic (exact) mass is 428 g/mol. The van der Waals surface area contributed by atoms with Crippen molar-refractivity contribution in [2.75, 3.05) is 30.9 Å². The number of halogens is 3. The van der Waals surface area contributed by atoms with Gasteiger partial charge in [-0.15, -0.1) is 0 Å². The van der Waals surface area contributed by atoms with Crippen molar-refractivity contribution in [3.8, 4) is 11.1 Å². The van der Waals surface area contributed by atoms with E-state index in [-0.39, 0.29) is 22.5 Å². The van der Waals surface area contributed by atoms with Crippen LogP contribution in [0.4, 0.5) is 19.0 Å². The first-order valence-corrected chi connectivity index (χ1v) is 11.1. The Kier molecular flexibility index (Phi) is 5.66. The molecule has 2 aromatic rings. The molecule has 0 amide bonds. The molecule has 5 nitrogen and oxygen atoms in total. The summed E-state index contributed by atoms with van der Waals surface area (Å²) in [5.41, 5.74) is -0.505. The van der Waals surface area contributed by atoms with Gasteiger partial charge in [-0.05, 0) is 36.6 Å². The molecule has 1 fully saturated rings. The highest BCUT2D eigenvalue weighted by Crippen LogP contribution is 2.39. The van der Waals surface area contributed by atoms with E-state index in [0.717, 1.165) is 31.4 Å². The first-order chi connectivity index (χ1) is 13.4. The second kappa shape index (κ2) is 7.60. The highest BCUT2D eigenvalue weighted by molar-refractivity contribution is 7.90. The van der Waals surface area contributed by atoms with Gasteiger partial charge in [0.05, 0.1) is 17.1 Å². The SMILES string of the molecule is CC1(CO)CCCN(c2ncc(C(F)(F)F)cc2-c2ccc(S(C)(=O)=O)cc2)C1. The van der Waals surface area contributed by atoms with E-state index in [4.69, 9.17) is 0 Å². The van der Waals surface area contributed by atoms with Crippen molar-refractivity contribution in [3.63, 3.8) is 0 Å². The van der Waals surface area contributed by atoms with Gasteiger partial charge >= 0.3 is 6.18 Å². The zero-order chi connectivity index (χ0) is 21.4. The lowest BCUT2D eigenvalue weighted by molar-refractivity contribution is -0.137. The Morgan fingerprint density at radius 3 is 2.45 bits per heavy atom. The molecule has 3 rings (SSSR count). The van der Waals surface area contributed by atoms with E-state index in [1.54, 1.807) is 0 Å². The Labute approximate surface area is 168 Å². The molecule has 1 aromatic carbocycles. The van der Waals surface area contributed by atoms with Gasteiger partial charge in [0.25, 0.3) is 0 Å². The van der Waals surface area contributed by atoms with Gasteiger partial charge in [-0.1, -0.05) is 19.1 Å². The van der Waals surface area contributed by atoms with Crippen LogP contribution in [0.2, 0.25) is 0 Å². The van der Waals surface area contributed by atoms with Crippen molar-refractivity contribution in [2.45, 2.75) is 30.8 Å². The number of benzene rings is 1. The maximum Gasteiger partial charge on any atom is 0.417 e. The van der Waals surface area contributed by atoms with Gasteiger partial charge in [-0.25, -0.2) is 13.4 Å². The predicted octanol–water partition coefficient (Wildman–Crippen LogP) is 3.77. The summed E-state index contributed by atoms with van der Waals surface area (Å²) in [6, 6.07) is 6.78. The zero-order valence-corrected chi connectivity index (χ0v) is 17.0. The van der Waals surface area contributed by atoms with Gasteiger partial charge in [-0.2, -0.15) is 13.2 Å². The minimum Gasteiger partial charge on any atom is -0.396 e. The fraction of sp³-hybridized carbons (Fsp3) is 0.450. The number of nitrogens with zero attached hydrogens (tertiary/aromatic N) is 2. The molecule has 0 spiro atoms. The maximum atomic E-state index is 13.3. The lowest BCUT2D eigenvalue weighted by Gasteiger charge is -2.40. The van der Waals surface area contributed by atoms with Crippen LogP contribution in [0.3, 0.4) is 0 Å². The number of aromatic nitrogens is 1. The minimum absolute atomic E-state index is 0.0253. The molecule has 0 radical (unpaired) electrons. The summed E-state index contributed by atoms with van der Waals surface area (Å²) in [4.78, 5) is 6.10. The molecule has 1 aromatic heterocycles. The van der Waals surface area contributed by atoms with Crippen LogP contribution in [0.15, 0.2) is 41.4 Å². The quantitative estimate of drug-likeness (QED) is 0.803. The Hall–Kier alpha value is -2.13. The van der Waals surface area contributed by atoms with Crippen LogP contribution < -0.4 is 4.90 Å². The molecule has 1 aliphatic rings. The van der Waals surface area contributed by atoms with E-state index in [9.17, 15) is 26.7 Å². The number of piperidine rings is 1. The van der Waals surface area contributed by atoms with Crippen molar-refractivity contribution in [3.05, 3.63) is 42.1 Å². The van der Waals surface area contributed by atoms with Gasteiger partial charge < -0.3 is 10.0 Å². The number of rotatable bonds is 4. The molecule has 9 heteroatoms. The van der Waals surface area contributed by atoms with Gasteiger partial charge in [0.2, 0.25) is 0 Å². The van der Waals surface area contributed by atoms with E-state index in [0.29, 0.717) is 24.5 Å². The van der Waals surface area contributed by atoms with Crippen molar-refractivity contribution < 1.29 is 26.7 Å². The predicted molar refractivity (Wildman–Crippen MR) is 104 cm³/mol. The first kappa shape index (κ1) is 21.6. The first-order valence-electron chi connectivity index (χ1n) is 9.16. The van der Waals surface area contributed by atoms with Crippen LogP contribution in [-0.2, 0) is 16.0 Å². The number of alkyl halides is 3. The Morgan fingerprint density at radius 1 is 1.24 bits per heavy atom. The largest absolute Gasteiger partial charge is 0.417 e. The molecular formula is C20H23F3N2O3S. The van der Waals surface area contributed by atoms with Gasteiger partial charge in [0.15, 0.2) is 9.84 Å². The number of anilines is 1. The Morgan fingerprint density at radius 2 is 1.90 bits per heavy atom. The fourth-order valence-corrected chi connectivity index (χ4v) is 4.21. The molecule has 0 bridgehead atoms. The highest BCUT2D eigenvalue weighted by atomic mass is 32.2. The summed E-state index contributed by atoms with van der Waals surface area (Å²) in [6.45, 7) is 2.99. The lowest BCUT2D eigenvalue weighted by Crippen LogP contribution is -2.44. The van der Waals surface area contributed by atoms with E-state index in [1.165, 1.54) is 24.3 Å². The van der Waals surface area contributed by atoms with Crippen LogP contribution in [0.1, 0.15) is 25.3 Å². The molecule has 158 valence electrons. The van der Waals surface area contributed by atoms with E-state index >= 15 is 0 Å².